The molecule has 1 aliphatic rings. The van der Waals surface area contributed by atoms with E-state index in [0.717, 1.165) is 12.5 Å². The molecule has 1 aliphatic carbocycles. The van der Waals surface area contributed by atoms with Crippen molar-refractivity contribution < 1.29 is 0 Å². The molecule has 1 saturated carbocycles. The maximum Gasteiger partial charge on any atom is 0.0697 e. The predicted molar refractivity (Wildman–Crippen MR) is 63.4 cm³/mol. The maximum atomic E-state index is 8.93. The second-order valence-corrected chi connectivity index (χ2v) is 5.69. The van der Waals surface area contributed by atoms with Crippen LogP contribution in [0.15, 0.2) is 0 Å². The Morgan fingerprint density at radius 1 is 1.27 bits per heavy atom. The fraction of sp³-hybridized carbons (Fsp3) is 0.923. The molecule has 0 spiro atoms. The standard InChI is InChI=1S/C13H24N2/c1-11-5-4-6-12(8-7-11)15-10-13(2,3)9-14/h11-12,15H,4-8,10H2,1-3H3. The highest BCUT2D eigenvalue weighted by Gasteiger charge is 2.20. The van der Waals surface area contributed by atoms with Crippen LogP contribution in [0, 0.1) is 22.7 Å². The van der Waals surface area contributed by atoms with Crippen molar-refractivity contribution in [1.29, 1.82) is 5.26 Å². The Morgan fingerprint density at radius 3 is 2.67 bits per heavy atom. The SMILES string of the molecule is CC1CCCC(NCC(C)(C)C#N)CC1. The Balaban J connectivity index is 2.30. The summed E-state index contributed by atoms with van der Waals surface area (Å²) < 4.78 is 0. The van der Waals surface area contributed by atoms with Crippen molar-refractivity contribution in [2.75, 3.05) is 6.54 Å². The third kappa shape index (κ3) is 4.66. The van der Waals surface area contributed by atoms with E-state index in [4.69, 9.17) is 5.26 Å². The zero-order valence-electron chi connectivity index (χ0n) is 10.3. The fourth-order valence-electron chi connectivity index (χ4n) is 2.13. The molecule has 0 heterocycles. The molecule has 1 N–H and O–H groups in total. The molecular formula is C13H24N2. The third-order valence-corrected chi connectivity index (χ3v) is 3.39. The van der Waals surface area contributed by atoms with Gasteiger partial charge < -0.3 is 5.32 Å². The topological polar surface area (TPSA) is 35.8 Å². The minimum Gasteiger partial charge on any atom is -0.312 e. The van der Waals surface area contributed by atoms with Crippen molar-refractivity contribution in [3.8, 4) is 6.07 Å². The van der Waals surface area contributed by atoms with Crippen LogP contribution in [0.2, 0.25) is 0 Å². The van der Waals surface area contributed by atoms with E-state index in [-0.39, 0.29) is 5.41 Å². The van der Waals surface area contributed by atoms with Crippen molar-refractivity contribution in [2.24, 2.45) is 11.3 Å². The Bertz CT molecular complexity index is 227. The second-order valence-electron chi connectivity index (χ2n) is 5.69. The van der Waals surface area contributed by atoms with E-state index < -0.39 is 0 Å². The first kappa shape index (κ1) is 12.5. The predicted octanol–water partition coefficient (Wildman–Crippen LogP) is 3.09. The Morgan fingerprint density at radius 2 is 2.00 bits per heavy atom. The monoisotopic (exact) mass is 208 g/mol. The van der Waals surface area contributed by atoms with Crippen LogP contribution in [0.3, 0.4) is 0 Å². The third-order valence-electron chi connectivity index (χ3n) is 3.39. The van der Waals surface area contributed by atoms with Gasteiger partial charge in [0.15, 0.2) is 0 Å². The average molecular weight is 208 g/mol. The van der Waals surface area contributed by atoms with E-state index in [0.29, 0.717) is 6.04 Å². The fourth-order valence-corrected chi connectivity index (χ4v) is 2.13. The molecule has 0 aliphatic heterocycles. The zero-order valence-corrected chi connectivity index (χ0v) is 10.3. The number of hydrogen-bond acceptors (Lipinski definition) is 2. The van der Waals surface area contributed by atoms with E-state index in [9.17, 15) is 0 Å². The second kappa shape index (κ2) is 5.51. The number of rotatable bonds is 3. The van der Waals surface area contributed by atoms with Crippen molar-refractivity contribution in [2.45, 2.75) is 58.9 Å². The minimum atomic E-state index is -0.224. The van der Waals surface area contributed by atoms with E-state index >= 15 is 0 Å². The molecule has 0 aromatic rings. The molecule has 0 saturated heterocycles. The molecule has 1 fully saturated rings. The Labute approximate surface area is 94.1 Å². The van der Waals surface area contributed by atoms with Gasteiger partial charge in [0.05, 0.1) is 11.5 Å². The normalized spacial score (nSPS) is 28.1. The summed E-state index contributed by atoms with van der Waals surface area (Å²) in [6.07, 6.45) is 6.62. The highest BCUT2D eigenvalue weighted by Crippen LogP contribution is 2.23. The number of nitrogens with zero attached hydrogens (tertiary/aromatic N) is 1. The van der Waals surface area contributed by atoms with E-state index in [1.165, 1.54) is 32.1 Å². The lowest BCUT2D eigenvalue weighted by Gasteiger charge is -2.22. The summed E-state index contributed by atoms with van der Waals surface area (Å²) >= 11 is 0. The van der Waals surface area contributed by atoms with Crippen molar-refractivity contribution in [3.05, 3.63) is 0 Å². The van der Waals surface area contributed by atoms with Gasteiger partial charge in [0.25, 0.3) is 0 Å². The van der Waals surface area contributed by atoms with Crippen molar-refractivity contribution in [1.82, 2.24) is 5.32 Å². The molecular weight excluding hydrogens is 184 g/mol. The first-order valence-electron chi connectivity index (χ1n) is 6.18. The highest BCUT2D eigenvalue weighted by molar-refractivity contribution is 4.94. The van der Waals surface area contributed by atoms with Crippen LogP contribution >= 0.6 is 0 Å². The molecule has 2 atom stereocenters. The number of nitrogens with one attached hydrogen (secondary N) is 1. The molecule has 0 radical (unpaired) electrons. The van der Waals surface area contributed by atoms with Crippen LogP contribution in [0.1, 0.15) is 52.9 Å². The lowest BCUT2D eigenvalue weighted by molar-refractivity contribution is 0.374. The van der Waals surface area contributed by atoms with Gasteiger partial charge in [-0.1, -0.05) is 19.8 Å². The van der Waals surface area contributed by atoms with E-state index in [1.807, 2.05) is 13.8 Å². The van der Waals surface area contributed by atoms with E-state index in [1.54, 1.807) is 0 Å². The number of nitriles is 1. The van der Waals surface area contributed by atoms with Gasteiger partial charge in [-0.2, -0.15) is 5.26 Å². The van der Waals surface area contributed by atoms with E-state index in [2.05, 4.69) is 18.3 Å². The quantitative estimate of drug-likeness (QED) is 0.723. The molecule has 0 amide bonds. The van der Waals surface area contributed by atoms with Gasteiger partial charge in [-0.05, 0) is 39.0 Å². The van der Waals surface area contributed by atoms with Crippen LogP contribution in [-0.4, -0.2) is 12.6 Å². The summed E-state index contributed by atoms with van der Waals surface area (Å²) in [6.45, 7) is 7.17. The number of hydrogen-bond donors (Lipinski definition) is 1. The molecule has 2 unspecified atom stereocenters. The molecule has 2 nitrogen and oxygen atoms in total. The average Bonchev–Trinajstić information content (AvgIpc) is 2.40. The lowest BCUT2D eigenvalue weighted by Crippen LogP contribution is -2.36. The van der Waals surface area contributed by atoms with Gasteiger partial charge in [-0.25, -0.2) is 0 Å². The smallest absolute Gasteiger partial charge is 0.0697 e. The molecule has 2 heteroatoms. The highest BCUT2D eigenvalue weighted by atomic mass is 14.9. The zero-order chi connectivity index (χ0) is 11.3. The van der Waals surface area contributed by atoms with Gasteiger partial charge in [-0.15, -0.1) is 0 Å². The summed E-state index contributed by atoms with van der Waals surface area (Å²) in [6, 6.07) is 2.98. The largest absolute Gasteiger partial charge is 0.312 e. The molecule has 86 valence electrons. The first-order valence-corrected chi connectivity index (χ1v) is 6.18. The Hall–Kier alpha value is -0.550. The molecule has 0 bridgehead atoms. The van der Waals surface area contributed by atoms with Gasteiger partial charge in [0, 0.05) is 12.6 Å². The molecule has 15 heavy (non-hydrogen) atoms. The van der Waals surface area contributed by atoms with Crippen molar-refractivity contribution >= 4 is 0 Å². The van der Waals surface area contributed by atoms with Crippen LogP contribution in [0.25, 0.3) is 0 Å². The molecule has 1 rings (SSSR count). The van der Waals surface area contributed by atoms with Crippen LogP contribution in [-0.2, 0) is 0 Å². The molecule has 0 aromatic heterocycles. The van der Waals surface area contributed by atoms with Gasteiger partial charge in [0.1, 0.15) is 0 Å². The maximum absolute atomic E-state index is 8.93. The van der Waals surface area contributed by atoms with Gasteiger partial charge >= 0.3 is 0 Å². The first-order chi connectivity index (χ1) is 7.03. The van der Waals surface area contributed by atoms with Gasteiger partial charge in [-0.3, -0.25) is 0 Å². The van der Waals surface area contributed by atoms with Crippen LogP contribution in [0.4, 0.5) is 0 Å². The summed E-state index contributed by atoms with van der Waals surface area (Å²) in [5.74, 6) is 0.890. The molecule has 0 aromatic carbocycles. The summed E-state index contributed by atoms with van der Waals surface area (Å²) in [5, 5.41) is 12.5. The minimum absolute atomic E-state index is 0.224. The summed E-state index contributed by atoms with van der Waals surface area (Å²) in [7, 11) is 0. The van der Waals surface area contributed by atoms with Crippen LogP contribution in [0.5, 0.6) is 0 Å². The summed E-state index contributed by atoms with van der Waals surface area (Å²) in [4.78, 5) is 0. The Kier molecular flexibility index (Phi) is 4.60. The van der Waals surface area contributed by atoms with Crippen molar-refractivity contribution in [3.63, 3.8) is 0 Å². The lowest BCUT2D eigenvalue weighted by atomic mass is 9.95. The van der Waals surface area contributed by atoms with Crippen LogP contribution < -0.4 is 5.32 Å². The van der Waals surface area contributed by atoms with Gasteiger partial charge in [0.2, 0.25) is 0 Å². The summed E-state index contributed by atoms with van der Waals surface area (Å²) in [5.41, 5.74) is -0.224.